The Morgan fingerprint density at radius 1 is 1.05 bits per heavy atom. The Balaban J connectivity index is 1.91. The molecule has 1 N–H and O–H groups in total. The van der Waals surface area contributed by atoms with Crippen LogP contribution in [0.3, 0.4) is 0 Å². The first-order valence-electron chi connectivity index (χ1n) is 6.97. The summed E-state index contributed by atoms with van der Waals surface area (Å²) in [5, 5.41) is 2.86. The molecule has 1 aliphatic rings. The van der Waals surface area contributed by atoms with Crippen molar-refractivity contribution in [1.82, 2.24) is 5.32 Å². The van der Waals surface area contributed by atoms with Crippen molar-refractivity contribution in [2.24, 2.45) is 0 Å². The summed E-state index contributed by atoms with van der Waals surface area (Å²) in [6.45, 7) is 4.36. The molecule has 3 nitrogen and oxygen atoms in total. The van der Waals surface area contributed by atoms with Gasteiger partial charge in [-0.15, -0.1) is 0 Å². The molecule has 21 heavy (non-hydrogen) atoms. The monoisotopic (exact) mass is 279 g/mol. The van der Waals surface area contributed by atoms with Gasteiger partial charge >= 0.3 is 0 Å². The number of rotatable bonds is 2. The fourth-order valence-corrected chi connectivity index (χ4v) is 2.37. The summed E-state index contributed by atoms with van der Waals surface area (Å²) in [4.78, 5) is 11.6. The van der Waals surface area contributed by atoms with Gasteiger partial charge in [-0.3, -0.25) is 4.79 Å². The van der Waals surface area contributed by atoms with E-state index in [4.69, 9.17) is 4.42 Å². The molecule has 1 aliphatic heterocycles. The Labute approximate surface area is 124 Å². The maximum atomic E-state index is 11.6. The van der Waals surface area contributed by atoms with Gasteiger partial charge in [0.15, 0.2) is 0 Å². The third kappa shape index (κ3) is 2.68. The number of carbonyl (C=O) groups is 1. The molecule has 0 bridgehead atoms. The molecule has 3 heteroatoms. The molecule has 1 amide bonds. The minimum atomic E-state index is 0.00840. The molecule has 106 valence electrons. The van der Waals surface area contributed by atoms with Crippen LogP contribution in [-0.4, -0.2) is 12.5 Å². The van der Waals surface area contributed by atoms with Crippen molar-refractivity contribution in [3.8, 4) is 11.3 Å². The number of amides is 1. The Bertz CT molecular complexity index is 736. The lowest BCUT2D eigenvalue weighted by molar-refractivity contribution is -0.117. The van der Waals surface area contributed by atoms with Gasteiger partial charge in [0.25, 0.3) is 0 Å². The summed E-state index contributed by atoms with van der Waals surface area (Å²) >= 11 is 0. The van der Waals surface area contributed by atoms with E-state index in [2.05, 4.69) is 5.32 Å². The second kappa shape index (κ2) is 5.44. The van der Waals surface area contributed by atoms with Crippen LogP contribution in [0.1, 0.15) is 19.6 Å². The zero-order chi connectivity index (χ0) is 14.8. The van der Waals surface area contributed by atoms with E-state index in [0.29, 0.717) is 6.54 Å². The molecule has 0 saturated heterocycles. The third-order valence-electron chi connectivity index (χ3n) is 3.83. The molecule has 0 fully saturated rings. The highest BCUT2D eigenvalue weighted by molar-refractivity contribution is 5.96. The Kier molecular flexibility index (Phi) is 3.48. The van der Waals surface area contributed by atoms with E-state index in [1.54, 1.807) is 0 Å². The van der Waals surface area contributed by atoms with Crippen molar-refractivity contribution in [3.63, 3.8) is 0 Å². The molecule has 1 aromatic heterocycles. The van der Waals surface area contributed by atoms with Crippen molar-refractivity contribution in [1.29, 1.82) is 0 Å². The Morgan fingerprint density at radius 2 is 1.81 bits per heavy atom. The van der Waals surface area contributed by atoms with E-state index in [1.165, 1.54) is 0 Å². The molecule has 1 aromatic carbocycles. The van der Waals surface area contributed by atoms with Crippen molar-refractivity contribution in [3.05, 3.63) is 64.9 Å². The average molecular weight is 279 g/mol. The summed E-state index contributed by atoms with van der Waals surface area (Å²) in [6.07, 6.45) is 1.99. The number of nitrogens with one attached hydrogen (secondary N) is 1. The highest BCUT2D eigenvalue weighted by atomic mass is 16.3. The zero-order valence-electron chi connectivity index (χ0n) is 12.1. The van der Waals surface area contributed by atoms with Crippen LogP contribution < -0.4 is 5.32 Å². The van der Waals surface area contributed by atoms with Crippen molar-refractivity contribution in [2.75, 3.05) is 6.54 Å². The molecule has 2 aromatic rings. The molecule has 0 unspecified atom stereocenters. The van der Waals surface area contributed by atoms with E-state index in [0.717, 1.165) is 33.8 Å². The quantitative estimate of drug-likeness (QED) is 0.908. The lowest BCUT2D eigenvalue weighted by atomic mass is 9.97. The molecule has 3 rings (SSSR count). The SMILES string of the molecule is CC1=C(C)/C(=C/c2ccc(-c3ccccc3)o2)CNC1=O. The van der Waals surface area contributed by atoms with Gasteiger partial charge in [0.05, 0.1) is 0 Å². The van der Waals surface area contributed by atoms with Crippen LogP contribution in [0.2, 0.25) is 0 Å². The van der Waals surface area contributed by atoms with E-state index < -0.39 is 0 Å². The molecule has 0 saturated carbocycles. The Morgan fingerprint density at radius 3 is 2.57 bits per heavy atom. The van der Waals surface area contributed by atoms with Gasteiger partial charge in [0, 0.05) is 17.7 Å². The highest BCUT2D eigenvalue weighted by Crippen LogP contribution is 2.25. The number of furan rings is 1. The van der Waals surface area contributed by atoms with Crippen LogP contribution in [0.25, 0.3) is 17.4 Å². The summed E-state index contributed by atoms with van der Waals surface area (Å²) in [6, 6.07) is 13.9. The summed E-state index contributed by atoms with van der Waals surface area (Å²) in [7, 11) is 0. The van der Waals surface area contributed by atoms with Crippen LogP contribution in [0.4, 0.5) is 0 Å². The van der Waals surface area contributed by atoms with E-state index in [1.807, 2.05) is 62.4 Å². The van der Waals surface area contributed by atoms with Gasteiger partial charge in [-0.05, 0) is 43.2 Å². The smallest absolute Gasteiger partial charge is 0.247 e. The first-order chi connectivity index (χ1) is 10.1. The summed E-state index contributed by atoms with van der Waals surface area (Å²) in [5.74, 6) is 1.65. The van der Waals surface area contributed by atoms with Crippen molar-refractivity contribution >= 4 is 12.0 Å². The number of benzene rings is 1. The summed E-state index contributed by atoms with van der Waals surface area (Å²) in [5.41, 5.74) is 3.93. The van der Waals surface area contributed by atoms with Gasteiger partial charge in [-0.25, -0.2) is 0 Å². The highest BCUT2D eigenvalue weighted by Gasteiger charge is 2.17. The van der Waals surface area contributed by atoms with Crippen LogP contribution in [0, 0.1) is 0 Å². The minimum absolute atomic E-state index is 0.00840. The van der Waals surface area contributed by atoms with E-state index >= 15 is 0 Å². The number of carbonyl (C=O) groups excluding carboxylic acids is 1. The van der Waals surface area contributed by atoms with Crippen molar-refractivity contribution < 1.29 is 9.21 Å². The summed E-state index contributed by atoms with van der Waals surface area (Å²) < 4.78 is 5.87. The van der Waals surface area contributed by atoms with E-state index in [-0.39, 0.29) is 5.91 Å². The van der Waals surface area contributed by atoms with Crippen molar-refractivity contribution in [2.45, 2.75) is 13.8 Å². The average Bonchev–Trinajstić information content (AvgIpc) is 2.97. The Hall–Kier alpha value is -2.55. The van der Waals surface area contributed by atoms with Gasteiger partial charge in [0.2, 0.25) is 5.91 Å². The van der Waals surface area contributed by atoms with Crippen LogP contribution >= 0.6 is 0 Å². The predicted molar refractivity (Wildman–Crippen MR) is 83.5 cm³/mol. The largest absolute Gasteiger partial charge is 0.457 e. The van der Waals surface area contributed by atoms with Gasteiger partial charge in [-0.1, -0.05) is 30.3 Å². The molecule has 2 heterocycles. The molecule has 0 spiro atoms. The first-order valence-corrected chi connectivity index (χ1v) is 6.97. The molecular formula is C18H17NO2. The zero-order valence-corrected chi connectivity index (χ0v) is 12.1. The first kappa shape index (κ1) is 13.4. The second-order valence-electron chi connectivity index (χ2n) is 5.17. The second-order valence-corrected chi connectivity index (χ2v) is 5.17. The van der Waals surface area contributed by atoms with Crippen LogP contribution in [0.15, 0.2) is 63.6 Å². The van der Waals surface area contributed by atoms with Gasteiger partial charge in [0.1, 0.15) is 11.5 Å². The standard InChI is InChI=1S/C18H17NO2/c1-12-13(2)18(20)19-11-15(12)10-16-8-9-17(21-16)14-6-4-3-5-7-14/h3-10H,11H2,1-2H3,(H,19,20)/b15-10+. The molecular weight excluding hydrogens is 262 g/mol. The van der Waals surface area contributed by atoms with Gasteiger partial charge in [-0.2, -0.15) is 0 Å². The van der Waals surface area contributed by atoms with Crippen LogP contribution in [-0.2, 0) is 4.79 Å². The van der Waals surface area contributed by atoms with Crippen LogP contribution in [0.5, 0.6) is 0 Å². The molecule has 0 aliphatic carbocycles. The van der Waals surface area contributed by atoms with E-state index in [9.17, 15) is 4.79 Å². The lowest BCUT2D eigenvalue weighted by Gasteiger charge is -2.18. The molecule has 0 atom stereocenters. The lowest BCUT2D eigenvalue weighted by Crippen LogP contribution is -2.31. The number of hydrogen-bond donors (Lipinski definition) is 1. The fraction of sp³-hybridized carbons (Fsp3) is 0.167. The molecule has 0 radical (unpaired) electrons. The minimum Gasteiger partial charge on any atom is -0.457 e. The fourth-order valence-electron chi connectivity index (χ4n) is 2.37. The maximum Gasteiger partial charge on any atom is 0.247 e. The predicted octanol–water partition coefficient (Wildman–Crippen LogP) is 3.80. The normalized spacial score (nSPS) is 17.2. The maximum absolute atomic E-state index is 11.6. The number of hydrogen-bond acceptors (Lipinski definition) is 2. The topological polar surface area (TPSA) is 42.2 Å². The third-order valence-corrected chi connectivity index (χ3v) is 3.83. The van der Waals surface area contributed by atoms with Gasteiger partial charge < -0.3 is 9.73 Å².